The number of methoxy groups -OCH3 is 2. The van der Waals surface area contributed by atoms with Crippen LogP contribution in [-0.4, -0.2) is 32.6 Å². The summed E-state index contributed by atoms with van der Waals surface area (Å²) in [5, 5.41) is 2.84. The van der Waals surface area contributed by atoms with Crippen molar-refractivity contribution in [1.82, 2.24) is 5.32 Å². The maximum atomic E-state index is 12.1. The normalized spacial score (nSPS) is 13.8. The number of carbonyl (C=O) groups excluding carboxylic acids is 2. The van der Waals surface area contributed by atoms with Crippen molar-refractivity contribution in [3.05, 3.63) is 59.7 Å². The second kappa shape index (κ2) is 9.08. The van der Waals surface area contributed by atoms with Crippen molar-refractivity contribution in [3.8, 4) is 11.5 Å². The van der Waals surface area contributed by atoms with Crippen molar-refractivity contribution in [2.45, 2.75) is 19.4 Å². The Morgan fingerprint density at radius 3 is 2.57 bits per heavy atom. The summed E-state index contributed by atoms with van der Waals surface area (Å²) in [6.07, 6.45) is 4.75. The Labute approximate surface area is 164 Å². The average molecular weight is 380 g/mol. The molecule has 1 N–H and O–H groups in total. The lowest BCUT2D eigenvalue weighted by Crippen LogP contribution is -2.23. The fraction of sp³-hybridized carbons (Fsp3) is 0.273. The molecule has 28 heavy (non-hydrogen) atoms. The molecule has 0 spiro atoms. The average Bonchev–Trinajstić information content (AvgIpc) is 3.16. The Morgan fingerprint density at radius 2 is 1.93 bits per heavy atom. The molecule has 0 unspecified atom stereocenters. The molecule has 2 aromatic carbocycles. The zero-order valence-electron chi connectivity index (χ0n) is 16.1. The number of rotatable bonds is 7. The molecular formula is C22H24N2O4. The smallest absolute Gasteiger partial charge is 0.244 e. The first kappa shape index (κ1) is 19.5. The molecule has 0 aromatic heterocycles. The fourth-order valence-corrected chi connectivity index (χ4v) is 3.10. The Balaban J connectivity index is 1.56. The summed E-state index contributed by atoms with van der Waals surface area (Å²) < 4.78 is 10.5. The lowest BCUT2D eigenvalue weighted by molar-refractivity contribution is -0.117. The zero-order chi connectivity index (χ0) is 19.9. The molecule has 1 saturated heterocycles. The Kier molecular flexibility index (Phi) is 6.32. The van der Waals surface area contributed by atoms with Crippen molar-refractivity contribution in [2.75, 3.05) is 25.7 Å². The summed E-state index contributed by atoms with van der Waals surface area (Å²) in [7, 11) is 3.18. The number of hydrogen-bond acceptors (Lipinski definition) is 4. The SMILES string of the molecule is COc1ccc(CNC(=O)/C=C/c2ccc(N3CCCC3=O)cc2)c(OC)c1. The van der Waals surface area contributed by atoms with Gasteiger partial charge in [0.15, 0.2) is 0 Å². The van der Waals surface area contributed by atoms with Crippen molar-refractivity contribution in [2.24, 2.45) is 0 Å². The molecule has 1 aliphatic heterocycles. The summed E-state index contributed by atoms with van der Waals surface area (Å²) in [4.78, 5) is 25.7. The van der Waals surface area contributed by atoms with E-state index in [-0.39, 0.29) is 11.8 Å². The van der Waals surface area contributed by atoms with Gasteiger partial charge < -0.3 is 19.7 Å². The minimum absolute atomic E-state index is 0.164. The zero-order valence-corrected chi connectivity index (χ0v) is 16.1. The van der Waals surface area contributed by atoms with Crippen molar-refractivity contribution in [1.29, 1.82) is 0 Å². The van der Waals surface area contributed by atoms with Crippen LogP contribution >= 0.6 is 0 Å². The van der Waals surface area contributed by atoms with Crippen LogP contribution in [-0.2, 0) is 16.1 Å². The topological polar surface area (TPSA) is 67.9 Å². The van der Waals surface area contributed by atoms with E-state index in [4.69, 9.17) is 9.47 Å². The van der Waals surface area contributed by atoms with Gasteiger partial charge in [0, 0.05) is 42.9 Å². The van der Waals surface area contributed by atoms with Crippen molar-refractivity contribution >= 4 is 23.6 Å². The Hall–Kier alpha value is -3.28. The number of nitrogens with one attached hydrogen (secondary N) is 1. The summed E-state index contributed by atoms with van der Waals surface area (Å²) >= 11 is 0. The molecule has 1 aliphatic rings. The molecule has 6 nitrogen and oxygen atoms in total. The highest BCUT2D eigenvalue weighted by Gasteiger charge is 2.21. The molecule has 0 atom stereocenters. The van der Waals surface area contributed by atoms with E-state index in [0.717, 1.165) is 29.8 Å². The van der Waals surface area contributed by atoms with E-state index in [2.05, 4.69) is 5.32 Å². The first-order chi connectivity index (χ1) is 13.6. The van der Waals surface area contributed by atoms with Gasteiger partial charge in [0.1, 0.15) is 11.5 Å². The van der Waals surface area contributed by atoms with Crippen LogP contribution in [0.1, 0.15) is 24.0 Å². The second-order valence-electron chi connectivity index (χ2n) is 6.47. The number of carbonyl (C=O) groups is 2. The van der Waals surface area contributed by atoms with Crippen LogP contribution in [0.5, 0.6) is 11.5 Å². The van der Waals surface area contributed by atoms with Gasteiger partial charge >= 0.3 is 0 Å². The van der Waals surface area contributed by atoms with Gasteiger partial charge in [0.2, 0.25) is 11.8 Å². The van der Waals surface area contributed by atoms with Gasteiger partial charge in [0.25, 0.3) is 0 Å². The summed E-state index contributed by atoms with van der Waals surface area (Å²) in [6, 6.07) is 13.1. The van der Waals surface area contributed by atoms with Crippen LogP contribution in [0.25, 0.3) is 6.08 Å². The van der Waals surface area contributed by atoms with Gasteiger partial charge in [-0.2, -0.15) is 0 Å². The maximum Gasteiger partial charge on any atom is 0.244 e. The van der Waals surface area contributed by atoms with E-state index in [1.54, 1.807) is 31.3 Å². The molecule has 0 saturated carbocycles. The Morgan fingerprint density at radius 1 is 1.14 bits per heavy atom. The highest BCUT2D eigenvalue weighted by atomic mass is 16.5. The first-order valence-electron chi connectivity index (χ1n) is 9.18. The molecule has 6 heteroatoms. The van der Waals surface area contributed by atoms with Crippen LogP contribution in [0.15, 0.2) is 48.5 Å². The van der Waals surface area contributed by atoms with Crippen LogP contribution in [0.2, 0.25) is 0 Å². The maximum absolute atomic E-state index is 12.1. The molecular weight excluding hydrogens is 356 g/mol. The van der Waals surface area contributed by atoms with Crippen molar-refractivity contribution < 1.29 is 19.1 Å². The van der Waals surface area contributed by atoms with E-state index in [0.29, 0.717) is 24.5 Å². The minimum atomic E-state index is -0.198. The van der Waals surface area contributed by atoms with E-state index >= 15 is 0 Å². The number of ether oxygens (including phenoxy) is 2. The van der Waals surface area contributed by atoms with Gasteiger partial charge in [0.05, 0.1) is 14.2 Å². The molecule has 0 bridgehead atoms. The van der Waals surface area contributed by atoms with Gasteiger partial charge in [-0.3, -0.25) is 9.59 Å². The quantitative estimate of drug-likeness (QED) is 0.750. The third kappa shape index (κ3) is 4.71. The predicted molar refractivity (Wildman–Crippen MR) is 108 cm³/mol. The highest BCUT2D eigenvalue weighted by Crippen LogP contribution is 2.24. The largest absolute Gasteiger partial charge is 0.497 e. The number of hydrogen-bond donors (Lipinski definition) is 1. The molecule has 0 radical (unpaired) electrons. The molecule has 1 heterocycles. The summed E-state index contributed by atoms with van der Waals surface area (Å²) in [5.41, 5.74) is 2.66. The van der Waals surface area contributed by atoms with E-state index in [1.807, 2.05) is 36.4 Å². The van der Waals surface area contributed by atoms with Gasteiger partial charge in [-0.15, -0.1) is 0 Å². The molecule has 2 amide bonds. The molecule has 1 fully saturated rings. The van der Waals surface area contributed by atoms with Crippen molar-refractivity contribution in [3.63, 3.8) is 0 Å². The monoisotopic (exact) mass is 380 g/mol. The van der Waals surface area contributed by atoms with E-state index in [9.17, 15) is 9.59 Å². The lowest BCUT2D eigenvalue weighted by atomic mass is 10.1. The van der Waals surface area contributed by atoms with E-state index < -0.39 is 0 Å². The minimum Gasteiger partial charge on any atom is -0.497 e. The predicted octanol–water partition coefficient (Wildman–Crippen LogP) is 3.16. The van der Waals surface area contributed by atoms with Gasteiger partial charge in [-0.1, -0.05) is 12.1 Å². The molecule has 146 valence electrons. The third-order valence-corrected chi connectivity index (χ3v) is 4.65. The molecule has 3 rings (SSSR count). The number of nitrogens with zero attached hydrogens (tertiary/aromatic N) is 1. The Bertz CT molecular complexity index is 875. The number of anilines is 1. The second-order valence-corrected chi connectivity index (χ2v) is 6.47. The highest BCUT2D eigenvalue weighted by molar-refractivity contribution is 5.95. The molecule has 2 aromatic rings. The third-order valence-electron chi connectivity index (χ3n) is 4.65. The standard InChI is InChI=1S/C22H24N2O4/c1-27-19-11-8-17(20(14-19)28-2)15-23-21(25)12-7-16-5-9-18(10-6-16)24-13-3-4-22(24)26/h5-12,14H,3-4,13,15H2,1-2H3,(H,23,25)/b12-7+. The number of benzene rings is 2. The first-order valence-corrected chi connectivity index (χ1v) is 9.18. The molecule has 0 aliphatic carbocycles. The van der Waals surface area contributed by atoms with Crippen LogP contribution < -0.4 is 19.7 Å². The van der Waals surface area contributed by atoms with Gasteiger partial charge in [-0.25, -0.2) is 0 Å². The van der Waals surface area contributed by atoms with E-state index in [1.165, 1.54) is 6.08 Å². The fourth-order valence-electron chi connectivity index (χ4n) is 3.10. The number of amides is 2. The lowest BCUT2D eigenvalue weighted by Gasteiger charge is -2.15. The van der Waals surface area contributed by atoms with Crippen LogP contribution in [0.4, 0.5) is 5.69 Å². The van der Waals surface area contributed by atoms with Crippen LogP contribution in [0, 0.1) is 0 Å². The summed E-state index contributed by atoms with van der Waals surface area (Å²) in [6.45, 7) is 1.12. The summed E-state index contributed by atoms with van der Waals surface area (Å²) in [5.74, 6) is 1.33. The van der Waals surface area contributed by atoms with Gasteiger partial charge in [-0.05, 0) is 42.3 Å². The van der Waals surface area contributed by atoms with Crippen LogP contribution in [0.3, 0.4) is 0 Å².